The van der Waals surface area contributed by atoms with Crippen LogP contribution in [0.1, 0.15) is 41.0 Å². The van der Waals surface area contributed by atoms with Crippen molar-refractivity contribution in [1.82, 2.24) is 9.21 Å². The van der Waals surface area contributed by atoms with Gasteiger partial charge in [-0.25, -0.2) is 12.7 Å². The molecular formula is C16H18N2O6S. The van der Waals surface area contributed by atoms with E-state index in [1.807, 2.05) is 0 Å². The van der Waals surface area contributed by atoms with Gasteiger partial charge in [0.1, 0.15) is 4.90 Å². The number of hydrogen-bond donors (Lipinski definition) is 1. The molecule has 134 valence electrons. The van der Waals surface area contributed by atoms with E-state index in [2.05, 4.69) is 0 Å². The Bertz CT molecular complexity index is 894. The summed E-state index contributed by atoms with van der Waals surface area (Å²) in [7, 11) is -3.94. The van der Waals surface area contributed by atoms with E-state index in [9.17, 15) is 27.9 Å². The highest BCUT2D eigenvalue weighted by Gasteiger charge is 2.44. The maximum atomic E-state index is 12.6. The lowest BCUT2D eigenvalue weighted by molar-refractivity contribution is -0.147. The summed E-state index contributed by atoms with van der Waals surface area (Å²) in [5.74, 6) is -2.01. The number of nitrogens with zero attached hydrogens (tertiary/aromatic N) is 2. The van der Waals surface area contributed by atoms with Gasteiger partial charge in [0.05, 0.1) is 11.0 Å². The predicted molar refractivity (Wildman–Crippen MR) is 86.6 cm³/mol. The molecule has 3 rings (SSSR count). The lowest BCUT2D eigenvalue weighted by Crippen LogP contribution is -2.34. The van der Waals surface area contributed by atoms with E-state index >= 15 is 0 Å². The largest absolute Gasteiger partial charge is 0.481 e. The molecule has 2 heterocycles. The van der Waals surface area contributed by atoms with Crippen molar-refractivity contribution in [3.63, 3.8) is 0 Å². The van der Waals surface area contributed by atoms with Crippen molar-refractivity contribution >= 4 is 27.8 Å². The third kappa shape index (κ3) is 2.50. The second-order valence-corrected chi connectivity index (χ2v) is 8.36. The summed E-state index contributed by atoms with van der Waals surface area (Å²) in [6.07, 6.45) is 0.333. The van der Waals surface area contributed by atoms with Crippen LogP contribution in [-0.2, 0) is 14.8 Å². The Morgan fingerprint density at radius 1 is 1.32 bits per heavy atom. The minimum atomic E-state index is -3.94. The van der Waals surface area contributed by atoms with Gasteiger partial charge in [-0.05, 0) is 38.5 Å². The number of rotatable bonds is 3. The number of carboxylic acid groups (broad SMARTS) is 1. The predicted octanol–water partition coefficient (Wildman–Crippen LogP) is 0.788. The zero-order chi connectivity index (χ0) is 18.6. The molecule has 2 aliphatic heterocycles. The van der Waals surface area contributed by atoms with Crippen molar-refractivity contribution < 1.29 is 27.9 Å². The van der Waals surface area contributed by atoms with Crippen molar-refractivity contribution in [2.24, 2.45) is 5.41 Å². The molecule has 9 heteroatoms. The molecule has 0 aliphatic carbocycles. The lowest BCUT2D eigenvalue weighted by Gasteiger charge is -2.20. The number of aliphatic carboxylic acids is 1. The first-order valence-electron chi connectivity index (χ1n) is 7.85. The number of fused-ring (bicyclic) bond motifs is 1. The van der Waals surface area contributed by atoms with Gasteiger partial charge in [0, 0.05) is 25.2 Å². The van der Waals surface area contributed by atoms with Gasteiger partial charge in [-0.1, -0.05) is 0 Å². The smallest absolute Gasteiger partial charge is 0.311 e. The van der Waals surface area contributed by atoms with Crippen LogP contribution in [-0.4, -0.2) is 60.1 Å². The Hall–Kier alpha value is -2.42. The maximum Gasteiger partial charge on any atom is 0.311 e. The monoisotopic (exact) mass is 366 g/mol. The summed E-state index contributed by atoms with van der Waals surface area (Å²) < 4.78 is 25.6. The van der Waals surface area contributed by atoms with E-state index in [0.717, 1.165) is 4.31 Å². The van der Waals surface area contributed by atoms with E-state index in [1.54, 1.807) is 13.8 Å². The fraction of sp³-hybridized carbons (Fsp3) is 0.438. The summed E-state index contributed by atoms with van der Waals surface area (Å²) in [5.41, 5.74) is -0.828. The number of amides is 2. The van der Waals surface area contributed by atoms with E-state index < -0.39 is 33.2 Å². The first-order valence-corrected chi connectivity index (χ1v) is 9.29. The van der Waals surface area contributed by atoms with Crippen LogP contribution in [0.15, 0.2) is 23.1 Å². The van der Waals surface area contributed by atoms with Crippen molar-refractivity contribution in [1.29, 1.82) is 0 Å². The summed E-state index contributed by atoms with van der Waals surface area (Å²) >= 11 is 0. The summed E-state index contributed by atoms with van der Waals surface area (Å²) in [6.45, 7) is 3.50. The number of likely N-dealkylation sites (tertiary alicyclic amines) is 1. The maximum absolute atomic E-state index is 12.6. The zero-order valence-electron chi connectivity index (χ0n) is 13.9. The van der Waals surface area contributed by atoms with Crippen LogP contribution >= 0.6 is 0 Å². The van der Waals surface area contributed by atoms with E-state index in [4.69, 9.17) is 0 Å². The summed E-state index contributed by atoms with van der Waals surface area (Å²) in [6, 6.07) is 3.95. The number of carbonyl (C=O) groups excluding carboxylic acids is 2. The van der Waals surface area contributed by atoms with Crippen LogP contribution in [0.25, 0.3) is 0 Å². The molecule has 1 N–H and O–H groups in total. The van der Waals surface area contributed by atoms with Crippen LogP contribution in [0, 0.1) is 5.41 Å². The quantitative estimate of drug-likeness (QED) is 0.846. The van der Waals surface area contributed by atoms with Crippen LogP contribution in [0.2, 0.25) is 0 Å². The van der Waals surface area contributed by atoms with Crippen molar-refractivity contribution in [2.45, 2.75) is 25.2 Å². The Kier molecular flexibility index (Phi) is 3.86. The Morgan fingerprint density at radius 2 is 2.00 bits per heavy atom. The van der Waals surface area contributed by atoms with Crippen molar-refractivity contribution in [3.8, 4) is 0 Å². The first-order chi connectivity index (χ1) is 11.6. The number of carboxylic acids is 1. The molecule has 25 heavy (non-hydrogen) atoms. The number of carbonyl (C=O) groups is 3. The molecule has 1 unspecified atom stereocenters. The van der Waals surface area contributed by atoms with Crippen LogP contribution in [0.4, 0.5) is 0 Å². The number of benzene rings is 1. The Balaban J connectivity index is 1.94. The molecule has 1 aromatic rings. The van der Waals surface area contributed by atoms with Gasteiger partial charge in [0.25, 0.3) is 21.8 Å². The minimum absolute atomic E-state index is 0.0161. The molecule has 2 aliphatic rings. The topological polar surface area (TPSA) is 112 Å². The molecular weight excluding hydrogens is 348 g/mol. The molecule has 0 spiro atoms. The third-order valence-corrected chi connectivity index (χ3v) is 6.72. The number of hydrogen-bond acceptors (Lipinski definition) is 5. The molecule has 1 fully saturated rings. The molecule has 1 saturated heterocycles. The zero-order valence-corrected chi connectivity index (χ0v) is 14.7. The second kappa shape index (κ2) is 5.55. The molecule has 1 aromatic carbocycles. The molecule has 0 bridgehead atoms. The summed E-state index contributed by atoms with van der Waals surface area (Å²) in [4.78, 5) is 37.3. The van der Waals surface area contributed by atoms with Crippen LogP contribution in [0.3, 0.4) is 0 Å². The van der Waals surface area contributed by atoms with E-state index in [-0.39, 0.29) is 35.7 Å². The minimum Gasteiger partial charge on any atom is -0.481 e. The summed E-state index contributed by atoms with van der Waals surface area (Å²) in [5, 5.41) is 9.26. The lowest BCUT2D eigenvalue weighted by atomic mass is 9.90. The van der Waals surface area contributed by atoms with Gasteiger partial charge in [-0.3, -0.25) is 14.4 Å². The van der Waals surface area contributed by atoms with Gasteiger partial charge in [-0.2, -0.15) is 0 Å². The highest BCUT2D eigenvalue weighted by Crippen LogP contribution is 2.33. The van der Waals surface area contributed by atoms with Gasteiger partial charge < -0.3 is 10.0 Å². The van der Waals surface area contributed by atoms with Crippen molar-refractivity contribution in [3.05, 3.63) is 29.3 Å². The molecule has 0 saturated carbocycles. The van der Waals surface area contributed by atoms with Crippen LogP contribution in [0.5, 0.6) is 0 Å². The Morgan fingerprint density at radius 3 is 2.56 bits per heavy atom. The molecule has 0 radical (unpaired) electrons. The first kappa shape index (κ1) is 17.4. The standard InChI is InChI=1S/C16H18N2O6S/c1-3-18-14(20)11-5-4-10(8-12(11)25(18,23)24)13(19)17-7-6-16(2,9-17)15(21)22/h4-5,8H,3,6-7,9H2,1-2H3,(H,21,22). The average Bonchev–Trinajstić information content (AvgIpc) is 3.05. The van der Waals surface area contributed by atoms with Gasteiger partial charge >= 0.3 is 5.97 Å². The van der Waals surface area contributed by atoms with Crippen molar-refractivity contribution in [2.75, 3.05) is 19.6 Å². The van der Waals surface area contributed by atoms with Gasteiger partial charge in [0.15, 0.2) is 0 Å². The second-order valence-electron chi connectivity index (χ2n) is 6.53. The normalized spacial score (nSPS) is 24.5. The highest BCUT2D eigenvalue weighted by molar-refractivity contribution is 7.90. The number of sulfonamides is 1. The molecule has 0 aromatic heterocycles. The van der Waals surface area contributed by atoms with Gasteiger partial charge in [-0.15, -0.1) is 0 Å². The molecule has 1 atom stereocenters. The van der Waals surface area contributed by atoms with E-state index in [1.165, 1.54) is 23.1 Å². The highest BCUT2D eigenvalue weighted by atomic mass is 32.2. The SMILES string of the molecule is CCN1C(=O)c2ccc(C(=O)N3CCC(C)(C(=O)O)C3)cc2S1(=O)=O. The fourth-order valence-corrected chi connectivity index (χ4v) is 4.82. The van der Waals surface area contributed by atoms with Crippen LogP contribution < -0.4 is 0 Å². The molecule has 2 amide bonds. The van der Waals surface area contributed by atoms with Gasteiger partial charge in [0.2, 0.25) is 0 Å². The molecule has 8 nitrogen and oxygen atoms in total. The average molecular weight is 366 g/mol. The third-order valence-electron chi connectivity index (χ3n) is 4.82. The fourth-order valence-electron chi connectivity index (χ4n) is 3.21. The Labute approximate surface area is 145 Å². The van der Waals surface area contributed by atoms with E-state index in [0.29, 0.717) is 6.42 Å².